The van der Waals surface area contributed by atoms with Crippen LogP contribution in [0.5, 0.6) is 0 Å². The van der Waals surface area contributed by atoms with Crippen molar-refractivity contribution < 1.29 is 31.5 Å². The van der Waals surface area contributed by atoms with Crippen LogP contribution < -0.4 is 5.73 Å². The fourth-order valence-electron chi connectivity index (χ4n) is 1.45. The van der Waals surface area contributed by atoms with Crippen LogP contribution in [0.4, 0.5) is 22.0 Å². The highest BCUT2D eigenvalue weighted by Crippen LogP contribution is 2.28. The van der Waals surface area contributed by atoms with Gasteiger partial charge in [0.25, 0.3) is 0 Å². The van der Waals surface area contributed by atoms with Crippen molar-refractivity contribution >= 4 is 5.97 Å². The number of halogens is 5. The van der Waals surface area contributed by atoms with E-state index < -0.39 is 53.1 Å². The van der Waals surface area contributed by atoms with Gasteiger partial charge in [0.15, 0.2) is 23.3 Å². The molecular formula is C11H10F5NO2. The molecule has 0 aromatic heterocycles. The van der Waals surface area contributed by atoms with Crippen molar-refractivity contribution in [3.05, 3.63) is 34.6 Å². The van der Waals surface area contributed by atoms with Crippen molar-refractivity contribution in [3.63, 3.8) is 0 Å². The zero-order valence-electron chi connectivity index (χ0n) is 9.78. The Morgan fingerprint density at radius 2 is 1.47 bits per heavy atom. The Balaban J connectivity index is 3.17. The van der Waals surface area contributed by atoms with E-state index in [1.54, 1.807) is 0 Å². The lowest BCUT2D eigenvalue weighted by molar-refractivity contribution is -0.143. The Morgan fingerprint density at radius 1 is 1.05 bits per heavy atom. The molecule has 1 aromatic rings. The highest BCUT2D eigenvalue weighted by atomic mass is 19.2. The standard InChI is InChI=1S/C11H10F5NO2/c1-2-19-5(18)3-4(17)6-7(12)9(14)11(16)10(15)8(6)13/h4H,2-3,17H2,1H3/t4-/m0/s1. The molecule has 3 nitrogen and oxygen atoms in total. The first kappa shape index (κ1) is 15.4. The predicted molar refractivity (Wildman–Crippen MR) is 54.4 cm³/mol. The number of ether oxygens (including phenoxy) is 1. The van der Waals surface area contributed by atoms with Gasteiger partial charge in [-0.15, -0.1) is 0 Å². The first-order valence-electron chi connectivity index (χ1n) is 5.23. The highest BCUT2D eigenvalue weighted by molar-refractivity contribution is 5.70. The molecule has 0 saturated heterocycles. The molecule has 0 radical (unpaired) electrons. The Bertz CT molecular complexity index is 477. The number of carbonyl (C=O) groups excluding carboxylic acids is 1. The van der Waals surface area contributed by atoms with Gasteiger partial charge in [0, 0.05) is 11.6 Å². The van der Waals surface area contributed by atoms with E-state index in [0.717, 1.165) is 0 Å². The summed E-state index contributed by atoms with van der Waals surface area (Å²) in [5, 5.41) is 0. The fourth-order valence-corrected chi connectivity index (χ4v) is 1.45. The van der Waals surface area contributed by atoms with E-state index in [-0.39, 0.29) is 6.61 Å². The molecular weight excluding hydrogens is 273 g/mol. The number of rotatable bonds is 4. The Hall–Kier alpha value is -1.70. The summed E-state index contributed by atoms with van der Waals surface area (Å²) in [6.45, 7) is 1.49. The van der Waals surface area contributed by atoms with Gasteiger partial charge in [0.1, 0.15) is 0 Å². The third kappa shape index (κ3) is 3.01. The minimum absolute atomic E-state index is 0.00264. The summed E-state index contributed by atoms with van der Waals surface area (Å²) >= 11 is 0. The molecule has 8 heteroatoms. The molecule has 0 aliphatic heterocycles. The zero-order valence-corrected chi connectivity index (χ0v) is 9.78. The second kappa shape index (κ2) is 5.96. The number of hydrogen-bond donors (Lipinski definition) is 1. The number of esters is 1. The van der Waals surface area contributed by atoms with Crippen molar-refractivity contribution in [2.75, 3.05) is 6.61 Å². The first-order valence-corrected chi connectivity index (χ1v) is 5.23. The third-order valence-electron chi connectivity index (χ3n) is 2.31. The molecule has 0 spiro atoms. The zero-order chi connectivity index (χ0) is 14.7. The van der Waals surface area contributed by atoms with Gasteiger partial charge in [0.05, 0.1) is 13.0 Å². The smallest absolute Gasteiger partial charge is 0.307 e. The Labute approximate surface area is 105 Å². The second-order valence-electron chi connectivity index (χ2n) is 3.60. The van der Waals surface area contributed by atoms with Gasteiger partial charge >= 0.3 is 5.97 Å². The van der Waals surface area contributed by atoms with Crippen LogP contribution in [0.1, 0.15) is 24.9 Å². The van der Waals surface area contributed by atoms with Gasteiger partial charge in [-0.25, -0.2) is 22.0 Å². The van der Waals surface area contributed by atoms with E-state index in [4.69, 9.17) is 5.73 Å². The van der Waals surface area contributed by atoms with Gasteiger partial charge in [-0.3, -0.25) is 4.79 Å². The van der Waals surface area contributed by atoms with Crippen molar-refractivity contribution in [2.24, 2.45) is 5.73 Å². The first-order chi connectivity index (χ1) is 8.81. The van der Waals surface area contributed by atoms with Crippen molar-refractivity contribution in [3.8, 4) is 0 Å². The van der Waals surface area contributed by atoms with Gasteiger partial charge < -0.3 is 10.5 Å². The Kier molecular flexibility index (Phi) is 4.82. The maximum atomic E-state index is 13.3. The maximum absolute atomic E-state index is 13.3. The largest absolute Gasteiger partial charge is 0.466 e. The number of benzene rings is 1. The van der Waals surface area contributed by atoms with Crippen LogP contribution >= 0.6 is 0 Å². The molecule has 0 amide bonds. The summed E-state index contributed by atoms with van der Waals surface area (Å²) in [6, 6.07) is -1.69. The molecule has 0 saturated carbocycles. The monoisotopic (exact) mass is 283 g/mol. The van der Waals surface area contributed by atoms with Crippen LogP contribution in [0.3, 0.4) is 0 Å². The van der Waals surface area contributed by atoms with Crippen LogP contribution in [0.25, 0.3) is 0 Å². The van der Waals surface area contributed by atoms with Crippen LogP contribution in [0.2, 0.25) is 0 Å². The van der Waals surface area contributed by atoms with Crippen molar-refractivity contribution in [2.45, 2.75) is 19.4 Å². The average molecular weight is 283 g/mol. The summed E-state index contributed by atoms with van der Waals surface area (Å²) in [6.07, 6.45) is -0.702. The van der Waals surface area contributed by atoms with Gasteiger partial charge in [0.2, 0.25) is 5.82 Å². The van der Waals surface area contributed by atoms with Crippen LogP contribution in [-0.2, 0) is 9.53 Å². The quantitative estimate of drug-likeness (QED) is 0.399. The second-order valence-corrected chi connectivity index (χ2v) is 3.60. The summed E-state index contributed by atoms with van der Waals surface area (Å²) in [7, 11) is 0. The molecule has 106 valence electrons. The summed E-state index contributed by atoms with van der Waals surface area (Å²) in [4.78, 5) is 11.1. The normalized spacial score (nSPS) is 12.4. The number of nitrogens with two attached hydrogens (primary N) is 1. The number of carbonyl (C=O) groups is 1. The molecule has 2 N–H and O–H groups in total. The summed E-state index contributed by atoms with van der Waals surface area (Å²) < 4.78 is 69.8. The lowest BCUT2D eigenvalue weighted by Gasteiger charge is -2.14. The molecule has 0 unspecified atom stereocenters. The van der Waals surface area contributed by atoms with Crippen LogP contribution in [0.15, 0.2) is 0 Å². The Morgan fingerprint density at radius 3 is 1.89 bits per heavy atom. The molecule has 0 bridgehead atoms. The summed E-state index contributed by atoms with van der Waals surface area (Å²) in [5.41, 5.74) is 4.05. The lowest BCUT2D eigenvalue weighted by Crippen LogP contribution is -2.22. The van der Waals surface area contributed by atoms with Crippen molar-refractivity contribution in [1.82, 2.24) is 0 Å². The topological polar surface area (TPSA) is 52.3 Å². The molecule has 0 fully saturated rings. The fraction of sp³-hybridized carbons (Fsp3) is 0.364. The minimum Gasteiger partial charge on any atom is -0.466 e. The van der Waals surface area contributed by atoms with E-state index in [9.17, 15) is 26.7 Å². The molecule has 1 atom stereocenters. The molecule has 1 aromatic carbocycles. The van der Waals surface area contributed by atoms with E-state index in [1.165, 1.54) is 6.92 Å². The average Bonchev–Trinajstić information content (AvgIpc) is 2.34. The third-order valence-corrected chi connectivity index (χ3v) is 2.31. The SMILES string of the molecule is CCOC(=O)C[C@H](N)c1c(F)c(F)c(F)c(F)c1F. The predicted octanol–water partition coefficient (Wildman–Crippen LogP) is 2.34. The van der Waals surface area contributed by atoms with E-state index in [0.29, 0.717) is 0 Å². The minimum atomic E-state index is -2.28. The highest BCUT2D eigenvalue weighted by Gasteiger charge is 2.29. The van der Waals surface area contributed by atoms with Crippen molar-refractivity contribution in [1.29, 1.82) is 0 Å². The molecule has 0 heterocycles. The van der Waals surface area contributed by atoms with E-state index in [1.807, 2.05) is 0 Å². The molecule has 0 aliphatic rings. The number of hydrogen-bond acceptors (Lipinski definition) is 3. The van der Waals surface area contributed by atoms with Gasteiger partial charge in [-0.05, 0) is 6.92 Å². The van der Waals surface area contributed by atoms with E-state index in [2.05, 4.69) is 4.74 Å². The van der Waals surface area contributed by atoms with Crippen LogP contribution in [0, 0.1) is 29.1 Å². The summed E-state index contributed by atoms with van der Waals surface area (Å²) in [5.74, 6) is -11.5. The van der Waals surface area contributed by atoms with Gasteiger partial charge in [-0.2, -0.15) is 0 Å². The maximum Gasteiger partial charge on any atom is 0.307 e. The van der Waals surface area contributed by atoms with Gasteiger partial charge in [-0.1, -0.05) is 0 Å². The van der Waals surface area contributed by atoms with Crippen LogP contribution in [-0.4, -0.2) is 12.6 Å². The molecule has 0 aliphatic carbocycles. The molecule has 1 rings (SSSR count). The van der Waals surface area contributed by atoms with E-state index >= 15 is 0 Å². The molecule has 19 heavy (non-hydrogen) atoms. The lowest BCUT2D eigenvalue weighted by atomic mass is 10.0.